The van der Waals surface area contributed by atoms with E-state index < -0.39 is 0 Å². The van der Waals surface area contributed by atoms with Crippen molar-refractivity contribution in [2.75, 3.05) is 0 Å². The van der Waals surface area contributed by atoms with Crippen LogP contribution in [0.3, 0.4) is 0 Å². The molecular weight excluding hydrogens is 164 g/mol. The molecule has 0 atom stereocenters. The third-order valence-electron chi connectivity index (χ3n) is 1.94. The zero-order valence-electron chi connectivity index (χ0n) is 8.83. The number of hydrogen-bond donors (Lipinski definition) is 1. The maximum absolute atomic E-state index is 9.54. The average molecular weight is 182 g/mol. The van der Waals surface area contributed by atoms with Gasteiger partial charge in [0.25, 0.3) is 0 Å². The van der Waals surface area contributed by atoms with E-state index in [1.54, 1.807) is 6.20 Å². The fraction of sp³-hybridized carbons (Fsp3) is 0.700. The molecule has 0 aliphatic carbocycles. The number of nitrogens with zero attached hydrogens (tertiary/aromatic N) is 2. The van der Waals surface area contributed by atoms with Crippen molar-refractivity contribution in [3.05, 3.63) is 11.9 Å². The smallest absolute Gasteiger partial charge is 0.156 e. The van der Waals surface area contributed by atoms with E-state index >= 15 is 0 Å². The molecule has 3 heteroatoms. The molecule has 0 radical (unpaired) electrons. The van der Waals surface area contributed by atoms with Crippen LogP contribution in [0.4, 0.5) is 0 Å². The summed E-state index contributed by atoms with van der Waals surface area (Å²) in [7, 11) is 0. The van der Waals surface area contributed by atoms with Gasteiger partial charge < -0.3 is 5.11 Å². The van der Waals surface area contributed by atoms with Gasteiger partial charge in [0.2, 0.25) is 0 Å². The van der Waals surface area contributed by atoms with Crippen LogP contribution in [0.1, 0.15) is 39.8 Å². The van der Waals surface area contributed by atoms with E-state index in [0.29, 0.717) is 5.75 Å². The van der Waals surface area contributed by atoms with E-state index in [9.17, 15) is 5.11 Å². The quantitative estimate of drug-likeness (QED) is 0.762. The average Bonchev–Trinajstić information content (AvgIpc) is 2.32. The Balaban J connectivity index is 2.95. The lowest BCUT2D eigenvalue weighted by Crippen LogP contribution is -2.22. The van der Waals surface area contributed by atoms with E-state index in [2.05, 4.69) is 32.8 Å². The second-order valence-corrected chi connectivity index (χ2v) is 4.33. The molecule has 1 aromatic rings. The Morgan fingerprint density at radius 3 is 2.46 bits per heavy atom. The predicted molar refractivity (Wildman–Crippen MR) is 52.9 cm³/mol. The first kappa shape index (κ1) is 10.1. The summed E-state index contributed by atoms with van der Waals surface area (Å²) in [4.78, 5) is 0. The Labute approximate surface area is 79.4 Å². The third-order valence-corrected chi connectivity index (χ3v) is 1.94. The van der Waals surface area contributed by atoms with Gasteiger partial charge >= 0.3 is 0 Å². The van der Waals surface area contributed by atoms with E-state index in [0.717, 1.165) is 18.5 Å². The number of aromatic nitrogens is 2. The van der Waals surface area contributed by atoms with Crippen LogP contribution in [-0.2, 0) is 12.0 Å². The van der Waals surface area contributed by atoms with E-state index in [-0.39, 0.29) is 5.54 Å². The van der Waals surface area contributed by atoms with Crippen LogP contribution in [0.5, 0.6) is 5.75 Å². The molecule has 1 aromatic heterocycles. The molecule has 0 amide bonds. The molecule has 13 heavy (non-hydrogen) atoms. The van der Waals surface area contributed by atoms with Gasteiger partial charge in [-0.1, -0.05) is 13.3 Å². The maximum Gasteiger partial charge on any atom is 0.156 e. The van der Waals surface area contributed by atoms with Gasteiger partial charge in [-0.05, 0) is 27.2 Å². The van der Waals surface area contributed by atoms with Crippen LogP contribution in [0, 0.1) is 0 Å². The topological polar surface area (TPSA) is 38.0 Å². The van der Waals surface area contributed by atoms with Crippen molar-refractivity contribution in [1.29, 1.82) is 0 Å². The lowest BCUT2D eigenvalue weighted by molar-refractivity contribution is 0.351. The van der Waals surface area contributed by atoms with Crippen LogP contribution in [0.25, 0.3) is 0 Å². The number of aromatic hydroxyl groups is 1. The SMILES string of the molecule is CCCc1nn(C(C)(C)C)cc1O. The summed E-state index contributed by atoms with van der Waals surface area (Å²) in [5.74, 6) is 0.316. The Morgan fingerprint density at radius 2 is 2.08 bits per heavy atom. The maximum atomic E-state index is 9.54. The first-order valence-corrected chi connectivity index (χ1v) is 4.73. The van der Waals surface area contributed by atoms with Gasteiger partial charge in [-0.2, -0.15) is 5.10 Å². The third kappa shape index (κ3) is 2.23. The molecular formula is C10H18N2O. The second-order valence-electron chi connectivity index (χ2n) is 4.33. The molecule has 1 N–H and O–H groups in total. The monoisotopic (exact) mass is 182 g/mol. The summed E-state index contributed by atoms with van der Waals surface area (Å²) in [5, 5.41) is 13.9. The van der Waals surface area contributed by atoms with Gasteiger partial charge in [0.1, 0.15) is 5.69 Å². The predicted octanol–water partition coefficient (Wildman–Crippen LogP) is 2.30. The first-order chi connectivity index (χ1) is 5.95. The van der Waals surface area contributed by atoms with Crippen LogP contribution in [0.2, 0.25) is 0 Å². The van der Waals surface area contributed by atoms with Crippen LogP contribution >= 0.6 is 0 Å². The van der Waals surface area contributed by atoms with Gasteiger partial charge in [0.15, 0.2) is 5.75 Å². The van der Waals surface area contributed by atoms with Crippen molar-refractivity contribution in [2.24, 2.45) is 0 Å². The normalized spacial score (nSPS) is 12.0. The summed E-state index contributed by atoms with van der Waals surface area (Å²) in [6, 6.07) is 0. The highest BCUT2D eigenvalue weighted by atomic mass is 16.3. The van der Waals surface area contributed by atoms with Crippen LogP contribution in [0.15, 0.2) is 6.20 Å². The van der Waals surface area contributed by atoms with Gasteiger partial charge in [0.05, 0.1) is 11.7 Å². The molecule has 0 unspecified atom stereocenters. The molecule has 0 aromatic carbocycles. The van der Waals surface area contributed by atoms with Crippen molar-refractivity contribution < 1.29 is 5.11 Å². The summed E-state index contributed by atoms with van der Waals surface area (Å²) in [6.07, 6.45) is 3.55. The Hall–Kier alpha value is -0.990. The minimum Gasteiger partial charge on any atom is -0.504 e. The molecule has 0 fully saturated rings. The molecule has 0 saturated heterocycles. The lowest BCUT2D eigenvalue weighted by Gasteiger charge is -2.18. The van der Waals surface area contributed by atoms with Crippen molar-refractivity contribution in [1.82, 2.24) is 9.78 Å². The summed E-state index contributed by atoms with van der Waals surface area (Å²) < 4.78 is 1.81. The minimum atomic E-state index is -0.0521. The van der Waals surface area contributed by atoms with Crippen molar-refractivity contribution in [2.45, 2.75) is 46.1 Å². The molecule has 0 aliphatic rings. The fourth-order valence-corrected chi connectivity index (χ4v) is 1.16. The summed E-state index contributed by atoms with van der Waals surface area (Å²) >= 11 is 0. The highest BCUT2D eigenvalue weighted by molar-refractivity contribution is 5.23. The minimum absolute atomic E-state index is 0.0521. The number of rotatable bonds is 2. The highest BCUT2D eigenvalue weighted by Gasteiger charge is 2.16. The zero-order valence-corrected chi connectivity index (χ0v) is 8.83. The Kier molecular flexibility index (Phi) is 2.64. The summed E-state index contributed by atoms with van der Waals surface area (Å²) in [6.45, 7) is 8.27. The molecule has 0 aliphatic heterocycles. The van der Waals surface area contributed by atoms with Gasteiger partial charge in [-0.15, -0.1) is 0 Å². The summed E-state index contributed by atoms with van der Waals surface area (Å²) in [5.41, 5.74) is 0.751. The van der Waals surface area contributed by atoms with Crippen molar-refractivity contribution >= 4 is 0 Å². The second kappa shape index (κ2) is 3.40. The fourth-order valence-electron chi connectivity index (χ4n) is 1.16. The number of aryl methyl sites for hydroxylation is 1. The van der Waals surface area contributed by atoms with Crippen LogP contribution in [-0.4, -0.2) is 14.9 Å². The number of hydrogen-bond acceptors (Lipinski definition) is 2. The van der Waals surface area contributed by atoms with E-state index in [1.165, 1.54) is 0 Å². The molecule has 0 bridgehead atoms. The molecule has 1 heterocycles. The molecule has 0 spiro atoms. The lowest BCUT2D eigenvalue weighted by atomic mass is 10.1. The molecule has 1 rings (SSSR count). The Bertz CT molecular complexity index is 284. The largest absolute Gasteiger partial charge is 0.504 e. The first-order valence-electron chi connectivity index (χ1n) is 4.73. The van der Waals surface area contributed by atoms with Gasteiger partial charge in [0, 0.05) is 0 Å². The van der Waals surface area contributed by atoms with Gasteiger partial charge in [-0.25, -0.2) is 0 Å². The molecule has 74 valence electrons. The zero-order chi connectivity index (χ0) is 10.1. The highest BCUT2D eigenvalue weighted by Crippen LogP contribution is 2.21. The van der Waals surface area contributed by atoms with Crippen LogP contribution < -0.4 is 0 Å². The standard InChI is InChI=1S/C10H18N2O/c1-5-6-8-9(13)7-12(11-8)10(2,3)4/h7,13H,5-6H2,1-4H3. The molecule has 0 saturated carbocycles. The van der Waals surface area contributed by atoms with Crippen molar-refractivity contribution in [3.63, 3.8) is 0 Å². The molecule has 3 nitrogen and oxygen atoms in total. The van der Waals surface area contributed by atoms with E-state index in [1.807, 2.05) is 4.68 Å². The Morgan fingerprint density at radius 1 is 1.46 bits per heavy atom. The van der Waals surface area contributed by atoms with Crippen molar-refractivity contribution in [3.8, 4) is 5.75 Å². The van der Waals surface area contributed by atoms with E-state index in [4.69, 9.17) is 0 Å². The van der Waals surface area contributed by atoms with Gasteiger partial charge in [-0.3, -0.25) is 4.68 Å².